The quantitative estimate of drug-likeness (QED) is 0.595. The van der Waals surface area contributed by atoms with Gasteiger partial charge in [-0.05, 0) is 19.3 Å². The van der Waals surface area contributed by atoms with Crippen LogP contribution in [0.25, 0.3) is 0 Å². The molecule has 0 aromatic carbocycles. The van der Waals surface area contributed by atoms with Crippen molar-refractivity contribution in [2.75, 3.05) is 6.54 Å². The van der Waals surface area contributed by atoms with Gasteiger partial charge >= 0.3 is 12.0 Å². The molecule has 0 radical (unpaired) electrons. The summed E-state index contributed by atoms with van der Waals surface area (Å²) < 4.78 is 0. The molecule has 2 rings (SSSR count). The third-order valence-electron chi connectivity index (χ3n) is 3.50. The maximum Gasteiger partial charge on any atom is 0.318 e. The molecule has 3 amide bonds. The Morgan fingerprint density at radius 3 is 2.59 bits per heavy atom. The molecular formula is C10H15N3O4. The highest BCUT2D eigenvalue weighted by Crippen LogP contribution is 2.41. The monoisotopic (exact) mass is 241 g/mol. The first-order valence-electron chi connectivity index (χ1n) is 5.58. The van der Waals surface area contributed by atoms with E-state index in [0.29, 0.717) is 12.8 Å². The summed E-state index contributed by atoms with van der Waals surface area (Å²) in [5.41, 5.74) is 4.93. The molecule has 4 N–H and O–H groups in total. The number of rotatable bonds is 3. The van der Waals surface area contributed by atoms with Gasteiger partial charge in [0.2, 0.25) is 5.91 Å². The second-order valence-electron chi connectivity index (χ2n) is 4.51. The second-order valence-corrected chi connectivity index (χ2v) is 4.51. The van der Waals surface area contributed by atoms with Crippen LogP contribution in [0.4, 0.5) is 4.79 Å². The lowest BCUT2D eigenvalue weighted by molar-refractivity contribution is -0.142. The molecule has 2 saturated heterocycles. The van der Waals surface area contributed by atoms with Crippen LogP contribution in [0.2, 0.25) is 0 Å². The van der Waals surface area contributed by atoms with Gasteiger partial charge in [-0.3, -0.25) is 9.59 Å². The number of nitrogens with two attached hydrogens (primary N) is 1. The average molecular weight is 241 g/mol. The van der Waals surface area contributed by atoms with Crippen LogP contribution in [0, 0.1) is 5.92 Å². The van der Waals surface area contributed by atoms with Crippen LogP contribution in [0.3, 0.4) is 0 Å². The molecule has 2 fully saturated rings. The fourth-order valence-electron chi connectivity index (χ4n) is 2.82. The van der Waals surface area contributed by atoms with E-state index in [0.717, 1.165) is 6.42 Å². The minimum absolute atomic E-state index is 0.0195. The molecule has 0 aromatic rings. The van der Waals surface area contributed by atoms with Gasteiger partial charge in [-0.15, -0.1) is 0 Å². The van der Waals surface area contributed by atoms with Crippen molar-refractivity contribution in [3.05, 3.63) is 0 Å². The first-order chi connectivity index (χ1) is 8.00. The van der Waals surface area contributed by atoms with E-state index in [-0.39, 0.29) is 24.7 Å². The molecule has 2 aliphatic rings. The fraction of sp³-hybridized carbons (Fsp3) is 0.700. The van der Waals surface area contributed by atoms with Gasteiger partial charge in [-0.2, -0.15) is 0 Å². The number of hydrogen-bond donors (Lipinski definition) is 3. The number of carboxylic acid groups (broad SMARTS) is 1. The summed E-state index contributed by atoms with van der Waals surface area (Å²) in [6.45, 7) is -0.216. The zero-order valence-corrected chi connectivity index (χ0v) is 9.26. The molecule has 0 spiro atoms. The standard InChI is InChI=1S/C10H15N3O4/c11-8(14)4-12-10(17)13-5-1-2-7(13)6(3-5)9(15)16/h5-7H,1-4H2,(H2,11,14)(H,12,17)(H,15,16). The van der Waals surface area contributed by atoms with Gasteiger partial charge in [0.1, 0.15) is 0 Å². The SMILES string of the molecule is NC(=O)CNC(=O)N1C2CCC1C(C(=O)O)C2. The van der Waals surface area contributed by atoms with Crippen molar-refractivity contribution >= 4 is 17.9 Å². The Kier molecular flexibility index (Phi) is 2.91. The zero-order chi connectivity index (χ0) is 12.6. The van der Waals surface area contributed by atoms with Gasteiger partial charge in [-0.25, -0.2) is 4.79 Å². The van der Waals surface area contributed by atoms with Crippen molar-refractivity contribution in [3.8, 4) is 0 Å². The number of urea groups is 1. The van der Waals surface area contributed by atoms with Crippen LogP contribution in [-0.4, -0.2) is 46.5 Å². The van der Waals surface area contributed by atoms with Crippen molar-refractivity contribution in [2.24, 2.45) is 11.7 Å². The first kappa shape index (κ1) is 11.7. The van der Waals surface area contributed by atoms with E-state index in [4.69, 9.17) is 10.8 Å². The van der Waals surface area contributed by atoms with Crippen LogP contribution in [0.1, 0.15) is 19.3 Å². The molecule has 7 heteroatoms. The van der Waals surface area contributed by atoms with Crippen molar-refractivity contribution < 1.29 is 19.5 Å². The summed E-state index contributed by atoms with van der Waals surface area (Å²) in [7, 11) is 0. The molecule has 0 saturated carbocycles. The van der Waals surface area contributed by atoms with Crippen LogP contribution in [0.5, 0.6) is 0 Å². The number of carbonyl (C=O) groups excluding carboxylic acids is 2. The van der Waals surface area contributed by atoms with Crippen molar-refractivity contribution in [1.82, 2.24) is 10.2 Å². The minimum atomic E-state index is -0.857. The maximum atomic E-state index is 11.8. The normalized spacial score (nSPS) is 30.4. The van der Waals surface area contributed by atoms with Crippen LogP contribution in [-0.2, 0) is 9.59 Å². The maximum absolute atomic E-state index is 11.8. The van der Waals surface area contributed by atoms with Crippen LogP contribution < -0.4 is 11.1 Å². The van der Waals surface area contributed by atoms with E-state index in [1.54, 1.807) is 4.90 Å². The lowest BCUT2D eigenvalue weighted by Crippen LogP contribution is -2.46. The molecule has 2 heterocycles. The molecule has 2 bridgehead atoms. The largest absolute Gasteiger partial charge is 0.481 e. The Morgan fingerprint density at radius 2 is 2.06 bits per heavy atom. The number of amides is 3. The highest BCUT2D eigenvalue weighted by molar-refractivity contribution is 5.84. The van der Waals surface area contributed by atoms with Crippen molar-refractivity contribution in [2.45, 2.75) is 31.3 Å². The zero-order valence-electron chi connectivity index (χ0n) is 9.26. The van der Waals surface area contributed by atoms with E-state index in [1.165, 1.54) is 0 Å². The summed E-state index contributed by atoms with van der Waals surface area (Å²) in [4.78, 5) is 34.9. The number of aliphatic carboxylic acids is 1. The number of carboxylic acids is 1. The Bertz CT molecular complexity index is 371. The van der Waals surface area contributed by atoms with E-state index < -0.39 is 17.8 Å². The Hall–Kier alpha value is -1.79. The topological polar surface area (TPSA) is 113 Å². The highest BCUT2D eigenvalue weighted by atomic mass is 16.4. The third kappa shape index (κ3) is 2.04. The number of primary amides is 1. The number of hydrogen-bond acceptors (Lipinski definition) is 3. The summed E-state index contributed by atoms with van der Waals surface area (Å²) in [5.74, 6) is -1.95. The lowest BCUT2D eigenvalue weighted by Gasteiger charge is -2.23. The molecule has 0 aliphatic carbocycles. The molecule has 3 atom stereocenters. The predicted octanol–water partition coefficient (Wildman–Crippen LogP) is -0.881. The lowest BCUT2D eigenvalue weighted by atomic mass is 9.89. The molecule has 3 unspecified atom stereocenters. The number of carbonyl (C=O) groups is 3. The third-order valence-corrected chi connectivity index (χ3v) is 3.50. The minimum Gasteiger partial charge on any atom is -0.481 e. The first-order valence-corrected chi connectivity index (χ1v) is 5.58. The van der Waals surface area contributed by atoms with E-state index in [2.05, 4.69) is 5.32 Å². The Morgan fingerprint density at radius 1 is 1.35 bits per heavy atom. The second kappa shape index (κ2) is 4.23. The highest BCUT2D eigenvalue weighted by Gasteiger charge is 2.51. The average Bonchev–Trinajstić information content (AvgIpc) is 2.82. The smallest absolute Gasteiger partial charge is 0.318 e. The molecule has 7 nitrogen and oxygen atoms in total. The van der Waals surface area contributed by atoms with Gasteiger partial charge in [-0.1, -0.05) is 0 Å². The van der Waals surface area contributed by atoms with E-state index in [1.807, 2.05) is 0 Å². The van der Waals surface area contributed by atoms with Gasteiger partial charge < -0.3 is 21.1 Å². The molecule has 0 aromatic heterocycles. The molecule has 2 aliphatic heterocycles. The summed E-state index contributed by atoms with van der Waals surface area (Å²) in [6.07, 6.45) is 2.05. The Labute approximate surface area is 97.9 Å². The summed E-state index contributed by atoms with van der Waals surface area (Å²) in [6, 6.07) is -0.653. The number of nitrogens with zero attached hydrogens (tertiary/aromatic N) is 1. The molecule has 17 heavy (non-hydrogen) atoms. The van der Waals surface area contributed by atoms with Gasteiger partial charge in [0, 0.05) is 12.1 Å². The number of fused-ring (bicyclic) bond motifs is 2. The van der Waals surface area contributed by atoms with Gasteiger partial charge in [0.25, 0.3) is 0 Å². The van der Waals surface area contributed by atoms with Crippen molar-refractivity contribution in [1.29, 1.82) is 0 Å². The van der Waals surface area contributed by atoms with Gasteiger partial charge in [0.15, 0.2) is 0 Å². The molecule has 94 valence electrons. The van der Waals surface area contributed by atoms with E-state index >= 15 is 0 Å². The fourth-order valence-corrected chi connectivity index (χ4v) is 2.82. The van der Waals surface area contributed by atoms with E-state index in [9.17, 15) is 14.4 Å². The predicted molar refractivity (Wildman–Crippen MR) is 57.0 cm³/mol. The number of nitrogens with one attached hydrogen (secondary N) is 1. The summed E-state index contributed by atoms with van der Waals surface area (Å²) >= 11 is 0. The molecular weight excluding hydrogens is 226 g/mol. The van der Waals surface area contributed by atoms with Crippen LogP contribution >= 0.6 is 0 Å². The van der Waals surface area contributed by atoms with Crippen LogP contribution in [0.15, 0.2) is 0 Å². The Balaban J connectivity index is 2.00. The van der Waals surface area contributed by atoms with Crippen molar-refractivity contribution in [3.63, 3.8) is 0 Å². The van der Waals surface area contributed by atoms with Gasteiger partial charge in [0.05, 0.1) is 12.5 Å². The summed E-state index contributed by atoms with van der Waals surface area (Å²) in [5, 5.41) is 11.4.